The van der Waals surface area contributed by atoms with E-state index in [1.807, 2.05) is 12.3 Å². The summed E-state index contributed by atoms with van der Waals surface area (Å²) in [7, 11) is 0. The van der Waals surface area contributed by atoms with Crippen molar-refractivity contribution in [1.29, 1.82) is 0 Å². The molecule has 7 rings (SSSR count). The molecule has 1 nitrogen and oxygen atoms in total. The largest absolute Gasteiger partial charge is 1.00 e. The average molecular weight is 576 g/mol. The van der Waals surface area contributed by atoms with Crippen LogP contribution in [0.3, 0.4) is 0 Å². The molecule has 1 aliphatic heterocycles. The summed E-state index contributed by atoms with van der Waals surface area (Å²) in [4.78, 5) is 4.77. The van der Waals surface area contributed by atoms with Gasteiger partial charge < -0.3 is 24.8 Å². The molecule has 1 saturated heterocycles. The Labute approximate surface area is 224 Å². The van der Waals surface area contributed by atoms with Crippen LogP contribution < -0.4 is 24.8 Å². The smallest absolute Gasteiger partial charge is 1.00 e. The first kappa shape index (κ1) is 24.7. The molecule has 174 valence electrons. The number of pyridine rings is 1. The fraction of sp³-hybridized carbons (Fsp3) is 0.194. The Kier molecular flexibility index (Phi) is 6.46. The fourth-order valence-corrected chi connectivity index (χ4v) is 24.7. The van der Waals surface area contributed by atoms with E-state index in [0.717, 1.165) is 9.14 Å². The molecule has 2 atom stereocenters. The Morgan fingerprint density at radius 1 is 0.686 bits per heavy atom. The summed E-state index contributed by atoms with van der Waals surface area (Å²) in [5.74, 6) is 0. The first-order chi connectivity index (χ1) is 16.2. The predicted octanol–water partition coefficient (Wildman–Crippen LogP) is 2.53. The van der Waals surface area contributed by atoms with Crippen molar-refractivity contribution in [1.82, 2.24) is 4.98 Å². The number of allylic oxidation sites excluding steroid dienone is 2. The second-order valence-corrected chi connectivity index (χ2v) is 21.6. The molecule has 3 aliphatic rings. The van der Waals surface area contributed by atoms with Crippen LogP contribution in [0.25, 0.3) is 34.2 Å². The first-order valence-corrected chi connectivity index (χ1v) is 18.4. The predicted molar refractivity (Wildman–Crippen MR) is 136 cm³/mol. The SMILES string of the molecule is CC1=Cc2ccccc2[CH]1[Zr+2]1([CH]2C(C)=Cc3c(-c4cccc5cccnc45)cccc32)[CH2][CH2]1.[Cl-].[Cl-]. The number of aromatic nitrogens is 1. The van der Waals surface area contributed by atoms with Gasteiger partial charge in [0, 0.05) is 0 Å². The molecule has 3 aromatic carbocycles. The molecule has 0 saturated carbocycles. The van der Waals surface area contributed by atoms with Crippen LogP contribution in [0, 0.1) is 0 Å². The molecule has 4 aromatic rings. The van der Waals surface area contributed by atoms with Gasteiger partial charge in [0.2, 0.25) is 0 Å². The number of fused-ring (bicyclic) bond motifs is 3. The van der Waals surface area contributed by atoms with Crippen LogP contribution in [0.1, 0.15) is 43.4 Å². The van der Waals surface area contributed by atoms with Crippen molar-refractivity contribution in [3.05, 3.63) is 112 Å². The van der Waals surface area contributed by atoms with Gasteiger partial charge in [0.05, 0.1) is 0 Å². The van der Waals surface area contributed by atoms with Crippen molar-refractivity contribution in [2.45, 2.75) is 29.4 Å². The number of hydrogen-bond acceptors (Lipinski definition) is 1. The summed E-state index contributed by atoms with van der Waals surface area (Å²) >= 11 is -2.49. The molecule has 35 heavy (non-hydrogen) atoms. The Bertz CT molecular complexity index is 1510. The third kappa shape index (κ3) is 3.64. The molecule has 0 amide bonds. The van der Waals surface area contributed by atoms with E-state index in [-0.39, 0.29) is 24.8 Å². The Morgan fingerprint density at radius 2 is 1.34 bits per heavy atom. The standard InChI is InChI=1S/C19H14N.C10H9.C2H4.2ClH.Zr/c1-13-11-15-6-3-8-16(18(15)12-13)17-9-2-5-14-7-4-10-20-19(14)17;1-8-6-9-4-2-3-5-10(9)7-8;1-2;;;/h2-12H,1H3;2-7H,1H3;1-2H2;2*1H;/q;;;;;+2/p-2. The van der Waals surface area contributed by atoms with Gasteiger partial charge >= 0.3 is 201 Å². The number of hydrogen-bond donors (Lipinski definition) is 0. The molecule has 1 fully saturated rings. The molecular formula is C31H27Cl2NZr. The maximum atomic E-state index is 4.77. The summed E-state index contributed by atoms with van der Waals surface area (Å²) in [5.41, 5.74) is 13.1. The van der Waals surface area contributed by atoms with Gasteiger partial charge in [-0.05, 0) is 0 Å². The normalized spacial score (nSPS) is 19.8. The number of para-hydroxylation sites is 1. The van der Waals surface area contributed by atoms with E-state index in [1.54, 1.807) is 22.3 Å². The van der Waals surface area contributed by atoms with Gasteiger partial charge in [0.25, 0.3) is 0 Å². The van der Waals surface area contributed by atoms with Gasteiger partial charge in [-0.15, -0.1) is 0 Å². The van der Waals surface area contributed by atoms with E-state index in [9.17, 15) is 0 Å². The summed E-state index contributed by atoms with van der Waals surface area (Å²) in [6.45, 7) is 4.81. The molecule has 2 aliphatic carbocycles. The minimum atomic E-state index is -2.49. The average Bonchev–Trinajstić information content (AvgIpc) is 3.42. The summed E-state index contributed by atoms with van der Waals surface area (Å²) in [6, 6.07) is 27.0. The van der Waals surface area contributed by atoms with E-state index < -0.39 is 20.3 Å². The first-order valence-electron chi connectivity index (χ1n) is 12.1. The number of benzene rings is 3. The van der Waals surface area contributed by atoms with E-state index in [1.165, 1.54) is 35.9 Å². The quantitative estimate of drug-likeness (QED) is 0.366. The van der Waals surface area contributed by atoms with Crippen LogP contribution in [0.4, 0.5) is 0 Å². The van der Waals surface area contributed by atoms with E-state index in [2.05, 4.69) is 92.7 Å². The Hall–Kier alpha value is -1.99. The topological polar surface area (TPSA) is 12.9 Å². The maximum Gasteiger partial charge on any atom is -1.00 e. The third-order valence-corrected chi connectivity index (χ3v) is 21.8. The minimum Gasteiger partial charge on any atom is -1.00 e. The van der Waals surface area contributed by atoms with Gasteiger partial charge in [-0.3, -0.25) is 0 Å². The van der Waals surface area contributed by atoms with Crippen molar-refractivity contribution in [2.24, 2.45) is 0 Å². The third-order valence-electron chi connectivity index (χ3n) is 8.32. The van der Waals surface area contributed by atoms with Crippen LogP contribution >= 0.6 is 0 Å². The maximum absolute atomic E-state index is 4.77. The van der Waals surface area contributed by atoms with Crippen molar-refractivity contribution in [2.75, 3.05) is 0 Å². The van der Waals surface area contributed by atoms with Crippen molar-refractivity contribution in [3.8, 4) is 11.1 Å². The monoisotopic (exact) mass is 573 g/mol. The zero-order valence-corrected chi connectivity index (χ0v) is 23.9. The molecule has 4 heteroatoms. The minimum absolute atomic E-state index is 0. The van der Waals surface area contributed by atoms with Gasteiger partial charge in [0.1, 0.15) is 0 Å². The zero-order chi connectivity index (χ0) is 22.2. The van der Waals surface area contributed by atoms with Gasteiger partial charge in [0.15, 0.2) is 0 Å². The molecular weight excluding hydrogens is 548 g/mol. The molecule has 2 heterocycles. The van der Waals surface area contributed by atoms with Gasteiger partial charge in [-0.2, -0.15) is 0 Å². The van der Waals surface area contributed by atoms with Crippen molar-refractivity contribution < 1.29 is 45.1 Å². The molecule has 1 aromatic heterocycles. The van der Waals surface area contributed by atoms with Crippen LogP contribution in [-0.4, -0.2) is 4.98 Å². The van der Waals surface area contributed by atoms with Crippen molar-refractivity contribution in [3.63, 3.8) is 0 Å². The molecule has 0 radical (unpaired) electrons. The summed E-state index contributed by atoms with van der Waals surface area (Å²) in [5, 5.41) is 1.21. The van der Waals surface area contributed by atoms with Gasteiger partial charge in [-0.25, -0.2) is 0 Å². The molecule has 0 spiro atoms. The molecule has 0 bridgehead atoms. The van der Waals surface area contributed by atoms with E-state index in [0.29, 0.717) is 3.63 Å². The zero-order valence-electron chi connectivity index (χ0n) is 19.9. The summed E-state index contributed by atoms with van der Waals surface area (Å²) in [6.07, 6.45) is 6.92. The van der Waals surface area contributed by atoms with Gasteiger partial charge in [-0.1, -0.05) is 0 Å². The second kappa shape index (κ2) is 9.15. The number of halogens is 2. The number of nitrogens with zero attached hydrogens (tertiary/aromatic N) is 1. The van der Waals surface area contributed by atoms with E-state index in [4.69, 9.17) is 4.98 Å². The van der Waals surface area contributed by atoms with Crippen LogP contribution in [0.15, 0.2) is 90.1 Å². The Balaban J connectivity index is 0.00000127. The second-order valence-electron chi connectivity index (χ2n) is 10.2. The molecule has 0 N–H and O–H groups in total. The van der Waals surface area contributed by atoms with Crippen LogP contribution in [0.5, 0.6) is 0 Å². The van der Waals surface area contributed by atoms with Crippen molar-refractivity contribution >= 4 is 23.1 Å². The van der Waals surface area contributed by atoms with Crippen LogP contribution in [0.2, 0.25) is 8.26 Å². The van der Waals surface area contributed by atoms with Crippen LogP contribution in [-0.2, 0) is 20.3 Å². The molecule has 2 unspecified atom stereocenters. The Morgan fingerprint density at radius 3 is 2.17 bits per heavy atom. The van der Waals surface area contributed by atoms with E-state index >= 15 is 0 Å². The number of rotatable bonds is 3. The summed E-state index contributed by atoms with van der Waals surface area (Å²) < 4.78 is 4.44. The fourth-order valence-electron chi connectivity index (χ4n) is 7.00.